The second-order valence-corrected chi connectivity index (χ2v) is 6.85. The summed E-state index contributed by atoms with van der Waals surface area (Å²) in [5.41, 5.74) is 8.20. The van der Waals surface area contributed by atoms with Crippen LogP contribution < -0.4 is 11.1 Å². The molecule has 6 nitrogen and oxygen atoms in total. The number of hydrogen-bond donors (Lipinski definition) is 2. The van der Waals surface area contributed by atoms with Gasteiger partial charge in [0.1, 0.15) is 6.04 Å². The van der Waals surface area contributed by atoms with E-state index in [0.29, 0.717) is 18.1 Å². The number of amides is 1. The molecule has 0 aliphatic heterocycles. The molecule has 1 aromatic heterocycles. The predicted octanol–water partition coefficient (Wildman–Crippen LogP) is 2.99. The molecule has 0 bridgehead atoms. The summed E-state index contributed by atoms with van der Waals surface area (Å²) < 4.78 is 5.33. The summed E-state index contributed by atoms with van der Waals surface area (Å²) in [5, 5.41) is 6.96. The number of nitrogens with two attached hydrogens (primary N) is 1. The molecule has 1 unspecified atom stereocenters. The number of aryl methyl sites for hydroxylation is 1. The lowest BCUT2D eigenvalue weighted by molar-refractivity contribution is -0.122. The van der Waals surface area contributed by atoms with E-state index in [1.807, 2.05) is 19.1 Å². The number of nitrogens with zero attached hydrogens (tertiary/aromatic N) is 2. The fourth-order valence-corrected chi connectivity index (χ4v) is 3.34. The fraction of sp³-hybridized carbons (Fsp3) is 0.526. The van der Waals surface area contributed by atoms with Crippen molar-refractivity contribution in [3.63, 3.8) is 0 Å². The molecule has 3 atom stereocenters. The number of hydrogen-bond acceptors (Lipinski definition) is 5. The molecule has 2 aromatic rings. The number of rotatable bonds is 6. The van der Waals surface area contributed by atoms with Crippen LogP contribution in [-0.4, -0.2) is 22.1 Å². The Bertz CT molecular complexity index is 710. The third kappa shape index (κ3) is 4.25. The van der Waals surface area contributed by atoms with Gasteiger partial charge in [0.05, 0.1) is 0 Å². The first-order valence-corrected chi connectivity index (χ1v) is 9.04. The maximum absolute atomic E-state index is 12.2. The van der Waals surface area contributed by atoms with E-state index in [1.54, 1.807) is 0 Å². The maximum Gasteiger partial charge on any atom is 0.249 e. The second kappa shape index (κ2) is 7.78. The van der Waals surface area contributed by atoms with Gasteiger partial charge in [-0.25, -0.2) is 0 Å². The Balaban J connectivity index is 1.59. The SMILES string of the molecule is CCc1ccc(-c2noc(C(C)NC(=O)C[C@@H]3CCC[C@H]3N)n2)cc1. The Morgan fingerprint density at radius 1 is 1.36 bits per heavy atom. The van der Waals surface area contributed by atoms with Gasteiger partial charge in [-0.05, 0) is 37.7 Å². The molecule has 6 heteroatoms. The quantitative estimate of drug-likeness (QED) is 0.841. The number of benzene rings is 1. The zero-order valence-corrected chi connectivity index (χ0v) is 14.9. The third-order valence-corrected chi connectivity index (χ3v) is 4.98. The Morgan fingerprint density at radius 3 is 2.76 bits per heavy atom. The van der Waals surface area contributed by atoms with Crippen LogP contribution in [0.15, 0.2) is 28.8 Å². The summed E-state index contributed by atoms with van der Waals surface area (Å²) in [6.07, 6.45) is 4.60. The fourth-order valence-electron chi connectivity index (χ4n) is 3.34. The van der Waals surface area contributed by atoms with Crippen molar-refractivity contribution in [1.29, 1.82) is 0 Å². The predicted molar refractivity (Wildman–Crippen MR) is 95.6 cm³/mol. The Labute approximate surface area is 148 Å². The summed E-state index contributed by atoms with van der Waals surface area (Å²) in [6.45, 7) is 3.97. The number of nitrogens with one attached hydrogen (secondary N) is 1. The van der Waals surface area contributed by atoms with Crippen LogP contribution in [0.3, 0.4) is 0 Å². The minimum Gasteiger partial charge on any atom is -0.345 e. The average Bonchev–Trinajstić information content (AvgIpc) is 3.25. The monoisotopic (exact) mass is 342 g/mol. The van der Waals surface area contributed by atoms with E-state index in [9.17, 15) is 4.79 Å². The van der Waals surface area contributed by atoms with Gasteiger partial charge in [0, 0.05) is 18.0 Å². The summed E-state index contributed by atoms with van der Waals surface area (Å²) in [6, 6.07) is 7.91. The van der Waals surface area contributed by atoms with E-state index in [4.69, 9.17) is 10.3 Å². The van der Waals surface area contributed by atoms with Gasteiger partial charge < -0.3 is 15.6 Å². The largest absolute Gasteiger partial charge is 0.345 e. The molecule has 3 N–H and O–H groups in total. The molecule has 1 saturated carbocycles. The topological polar surface area (TPSA) is 94.0 Å². The van der Waals surface area contributed by atoms with Gasteiger partial charge in [-0.2, -0.15) is 4.98 Å². The van der Waals surface area contributed by atoms with Crippen molar-refractivity contribution < 1.29 is 9.32 Å². The zero-order chi connectivity index (χ0) is 17.8. The molecule has 25 heavy (non-hydrogen) atoms. The molecule has 0 radical (unpaired) electrons. The lowest BCUT2D eigenvalue weighted by Crippen LogP contribution is -2.33. The van der Waals surface area contributed by atoms with E-state index in [0.717, 1.165) is 31.2 Å². The third-order valence-electron chi connectivity index (χ3n) is 4.98. The van der Waals surface area contributed by atoms with Crippen LogP contribution in [-0.2, 0) is 11.2 Å². The van der Waals surface area contributed by atoms with Crippen LogP contribution in [0.5, 0.6) is 0 Å². The van der Waals surface area contributed by atoms with E-state index in [1.165, 1.54) is 5.56 Å². The van der Waals surface area contributed by atoms with Crippen molar-refractivity contribution in [3.05, 3.63) is 35.7 Å². The maximum atomic E-state index is 12.2. The van der Waals surface area contributed by atoms with Crippen LogP contribution in [0.25, 0.3) is 11.4 Å². The number of carbonyl (C=O) groups excluding carboxylic acids is 1. The normalized spacial score (nSPS) is 21.2. The van der Waals surface area contributed by atoms with Crippen molar-refractivity contribution in [2.24, 2.45) is 11.7 Å². The molecular formula is C19H26N4O2. The van der Waals surface area contributed by atoms with Gasteiger partial charge in [-0.1, -0.05) is 42.8 Å². The standard InChI is InChI=1S/C19H26N4O2/c1-3-13-7-9-14(10-8-13)18-22-19(25-23-18)12(2)21-17(24)11-15-5-4-6-16(15)20/h7-10,12,15-16H,3-6,11,20H2,1-2H3,(H,21,24)/t12?,15-,16+/m0/s1. The Morgan fingerprint density at radius 2 is 2.12 bits per heavy atom. The molecule has 0 spiro atoms. The van der Waals surface area contributed by atoms with Crippen LogP contribution in [0.4, 0.5) is 0 Å². The highest BCUT2D eigenvalue weighted by atomic mass is 16.5. The lowest BCUT2D eigenvalue weighted by atomic mass is 10.00. The van der Waals surface area contributed by atoms with Crippen LogP contribution >= 0.6 is 0 Å². The van der Waals surface area contributed by atoms with Gasteiger partial charge in [0.2, 0.25) is 17.6 Å². The van der Waals surface area contributed by atoms with Crippen molar-refractivity contribution in [1.82, 2.24) is 15.5 Å². The van der Waals surface area contributed by atoms with Crippen molar-refractivity contribution in [2.75, 3.05) is 0 Å². The van der Waals surface area contributed by atoms with Crippen LogP contribution in [0, 0.1) is 5.92 Å². The first kappa shape index (κ1) is 17.6. The highest BCUT2D eigenvalue weighted by Gasteiger charge is 2.27. The molecule has 1 fully saturated rings. The Kier molecular flexibility index (Phi) is 5.48. The lowest BCUT2D eigenvalue weighted by Gasteiger charge is -2.16. The summed E-state index contributed by atoms with van der Waals surface area (Å²) in [5.74, 6) is 1.22. The summed E-state index contributed by atoms with van der Waals surface area (Å²) >= 11 is 0. The van der Waals surface area contributed by atoms with E-state index in [2.05, 4.69) is 34.5 Å². The Hall–Kier alpha value is -2.21. The van der Waals surface area contributed by atoms with Crippen molar-refractivity contribution in [3.8, 4) is 11.4 Å². The van der Waals surface area contributed by atoms with E-state index < -0.39 is 0 Å². The van der Waals surface area contributed by atoms with E-state index >= 15 is 0 Å². The number of aromatic nitrogens is 2. The molecule has 0 saturated heterocycles. The molecule has 1 aliphatic carbocycles. The highest BCUT2D eigenvalue weighted by molar-refractivity contribution is 5.76. The minimum atomic E-state index is -0.318. The zero-order valence-electron chi connectivity index (χ0n) is 14.9. The summed E-state index contributed by atoms with van der Waals surface area (Å²) in [4.78, 5) is 16.6. The molecular weight excluding hydrogens is 316 g/mol. The smallest absolute Gasteiger partial charge is 0.249 e. The first-order chi connectivity index (χ1) is 12.1. The van der Waals surface area contributed by atoms with Crippen molar-refractivity contribution >= 4 is 5.91 Å². The van der Waals surface area contributed by atoms with E-state index in [-0.39, 0.29) is 23.9 Å². The van der Waals surface area contributed by atoms with Crippen LogP contribution in [0.1, 0.15) is 57.0 Å². The van der Waals surface area contributed by atoms with Gasteiger partial charge in [0.15, 0.2) is 0 Å². The second-order valence-electron chi connectivity index (χ2n) is 6.85. The number of carbonyl (C=O) groups is 1. The highest BCUT2D eigenvalue weighted by Crippen LogP contribution is 2.27. The molecule has 1 amide bonds. The first-order valence-electron chi connectivity index (χ1n) is 9.04. The van der Waals surface area contributed by atoms with Gasteiger partial charge in [-0.15, -0.1) is 0 Å². The van der Waals surface area contributed by atoms with Gasteiger partial charge in [-0.3, -0.25) is 4.79 Å². The minimum absolute atomic E-state index is 0.0121. The van der Waals surface area contributed by atoms with Crippen molar-refractivity contribution in [2.45, 2.75) is 58.0 Å². The molecule has 3 rings (SSSR count). The van der Waals surface area contributed by atoms with Gasteiger partial charge in [0.25, 0.3) is 0 Å². The molecule has 134 valence electrons. The molecule has 1 aliphatic rings. The molecule has 1 heterocycles. The summed E-state index contributed by atoms with van der Waals surface area (Å²) in [7, 11) is 0. The van der Waals surface area contributed by atoms with Gasteiger partial charge >= 0.3 is 0 Å². The molecule has 1 aromatic carbocycles. The average molecular weight is 342 g/mol. The van der Waals surface area contributed by atoms with Crippen LogP contribution in [0.2, 0.25) is 0 Å².